The first-order valence-corrected chi connectivity index (χ1v) is 7.94. The number of nitriles is 1. The van der Waals surface area contributed by atoms with Crippen molar-refractivity contribution in [1.29, 1.82) is 5.26 Å². The Kier molecular flexibility index (Phi) is 5.02. The number of carbonyl (C=O) groups is 1. The highest BCUT2D eigenvalue weighted by Crippen LogP contribution is 2.29. The average molecular weight is 303 g/mol. The maximum absolute atomic E-state index is 12.8. The Morgan fingerprint density at radius 3 is 2.95 bits per heavy atom. The summed E-state index contributed by atoms with van der Waals surface area (Å²) in [5.74, 6) is -0.0858. The van der Waals surface area contributed by atoms with Gasteiger partial charge in [0, 0.05) is 30.9 Å². The number of ether oxygens (including phenoxy) is 1. The highest BCUT2D eigenvalue weighted by molar-refractivity contribution is 5.82. The van der Waals surface area contributed by atoms with Crippen molar-refractivity contribution in [1.82, 2.24) is 4.90 Å². The minimum absolute atomic E-state index is 0.0510. The van der Waals surface area contributed by atoms with E-state index in [1.807, 2.05) is 32.6 Å². The van der Waals surface area contributed by atoms with Gasteiger partial charge in [-0.2, -0.15) is 5.26 Å². The first-order valence-electron chi connectivity index (χ1n) is 7.94. The minimum atomic E-state index is -0.372. The number of aliphatic imine (C=N–C) groups is 1. The minimum Gasteiger partial charge on any atom is -0.369 e. The summed E-state index contributed by atoms with van der Waals surface area (Å²) >= 11 is 0. The molecule has 0 bridgehead atoms. The van der Waals surface area contributed by atoms with Gasteiger partial charge in [0.25, 0.3) is 0 Å². The molecule has 1 fully saturated rings. The number of rotatable bonds is 2. The fourth-order valence-electron chi connectivity index (χ4n) is 2.79. The number of amides is 1. The van der Waals surface area contributed by atoms with Crippen molar-refractivity contribution >= 4 is 12.1 Å². The van der Waals surface area contributed by atoms with Crippen LogP contribution in [0, 0.1) is 22.7 Å². The third-order valence-corrected chi connectivity index (χ3v) is 4.55. The molecule has 5 nitrogen and oxygen atoms in total. The largest absolute Gasteiger partial charge is 0.369 e. The molecule has 3 atom stereocenters. The van der Waals surface area contributed by atoms with E-state index in [4.69, 9.17) is 10.00 Å². The second kappa shape index (κ2) is 6.62. The summed E-state index contributed by atoms with van der Waals surface area (Å²) in [4.78, 5) is 18.9. The van der Waals surface area contributed by atoms with Crippen molar-refractivity contribution < 1.29 is 9.53 Å². The van der Waals surface area contributed by atoms with Crippen molar-refractivity contribution in [3.05, 3.63) is 11.8 Å². The zero-order valence-corrected chi connectivity index (χ0v) is 13.9. The number of hydrogen-bond donors (Lipinski definition) is 0. The van der Waals surface area contributed by atoms with E-state index < -0.39 is 0 Å². The molecule has 0 aliphatic carbocycles. The molecule has 1 saturated heterocycles. The molecule has 5 heteroatoms. The lowest BCUT2D eigenvalue weighted by Crippen LogP contribution is -2.43. The molecular formula is C17H25N3O2. The molecule has 2 rings (SSSR count). The Labute approximate surface area is 132 Å². The number of fused-ring (bicyclic) bond motifs is 1. The van der Waals surface area contributed by atoms with Crippen molar-refractivity contribution in [3.63, 3.8) is 0 Å². The van der Waals surface area contributed by atoms with E-state index >= 15 is 0 Å². The second-order valence-corrected chi connectivity index (χ2v) is 6.83. The first-order chi connectivity index (χ1) is 10.4. The van der Waals surface area contributed by atoms with E-state index in [0.717, 1.165) is 12.0 Å². The third-order valence-electron chi connectivity index (χ3n) is 4.55. The molecule has 2 unspecified atom stereocenters. The highest BCUT2D eigenvalue weighted by atomic mass is 16.5. The summed E-state index contributed by atoms with van der Waals surface area (Å²) in [5, 5.41) is 9.14. The molecule has 0 aromatic carbocycles. The fraction of sp³-hybridized carbons (Fsp3) is 0.706. The number of carbonyl (C=O) groups excluding carboxylic acids is 1. The summed E-state index contributed by atoms with van der Waals surface area (Å²) < 4.78 is 6.06. The molecule has 0 spiro atoms. The third kappa shape index (κ3) is 3.56. The molecule has 0 saturated carbocycles. The molecule has 0 N–H and O–H groups in total. The number of nitrogens with zero attached hydrogens (tertiary/aromatic N) is 3. The summed E-state index contributed by atoms with van der Waals surface area (Å²) in [6.45, 7) is 9.09. The van der Waals surface area contributed by atoms with Crippen LogP contribution in [0.4, 0.5) is 0 Å². The van der Waals surface area contributed by atoms with Crippen LogP contribution in [-0.4, -0.2) is 42.3 Å². The summed E-state index contributed by atoms with van der Waals surface area (Å²) in [6, 6.07) is 2.24. The quantitative estimate of drug-likeness (QED) is 0.787. The SMILES string of the molecule is CCC(C)(C)C(=O)N1CC2=CN=CC(C#N)CC2O[C@@H](C)C1. The van der Waals surface area contributed by atoms with Gasteiger partial charge in [0.1, 0.15) is 0 Å². The van der Waals surface area contributed by atoms with Crippen LogP contribution in [0.3, 0.4) is 0 Å². The zero-order chi connectivity index (χ0) is 16.3. The molecule has 0 aromatic heterocycles. The summed E-state index contributed by atoms with van der Waals surface area (Å²) in [7, 11) is 0. The Morgan fingerprint density at radius 2 is 2.32 bits per heavy atom. The zero-order valence-electron chi connectivity index (χ0n) is 13.9. The molecule has 2 heterocycles. The monoisotopic (exact) mass is 303 g/mol. The van der Waals surface area contributed by atoms with Crippen molar-refractivity contribution in [2.24, 2.45) is 16.3 Å². The van der Waals surface area contributed by atoms with Crippen LogP contribution in [0.15, 0.2) is 16.8 Å². The van der Waals surface area contributed by atoms with Crippen molar-refractivity contribution in [2.75, 3.05) is 13.1 Å². The molecular weight excluding hydrogens is 278 g/mol. The molecule has 0 radical (unpaired) electrons. The molecule has 120 valence electrons. The first kappa shape index (κ1) is 16.7. The van der Waals surface area contributed by atoms with Crippen molar-refractivity contribution in [2.45, 2.75) is 52.7 Å². The molecule has 0 aromatic rings. The van der Waals surface area contributed by atoms with Crippen LogP contribution in [0.1, 0.15) is 40.5 Å². The molecule has 22 heavy (non-hydrogen) atoms. The molecule has 2 aliphatic heterocycles. The Bertz CT molecular complexity index is 531. The molecule has 1 amide bonds. The predicted molar refractivity (Wildman–Crippen MR) is 85.3 cm³/mol. The molecule has 2 aliphatic rings. The van der Waals surface area contributed by atoms with Gasteiger partial charge in [-0.3, -0.25) is 9.79 Å². The maximum Gasteiger partial charge on any atom is 0.228 e. The Hall–Kier alpha value is -1.67. The van der Waals surface area contributed by atoms with Gasteiger partial charge in [-0.05, 0) is 25.3 Å². The lowest BCUT2D eigenvalue weighted by Gasteiger charge is -2.31. The van der Waals surface area contributed by atoms with E-state index in [1.54, 1.807) is 12.4 Å². The van der Waals surface area contributed by atoms with Gasteiger partial charge < -0.3 is 9.64 Å². The van der Waals surface area contributed by atoms with Gasteiger partial charge in [0.2, 0.25) is 5.91 Å². The fourth-order valence-corrected chi connectivity index (χ4v) is 2.79. The van der Waals surface area contributed by atoms with Gasteiger partial charge in [0.15, 0.2) is 0 Å². The van der Waals surface area contributed by atoms with E-state index in [9.17, 15) is 4.79 Å². The van der Waals surface area contributed by atoms with E-state index in [-0.39, 0.29) is 29.4 Å². The maximum atomic E-state index is 12.8. The lowest BCUT2D eigenvalue weighted by atomic mass is 9.88. The van der Waals surface area contributed by atoms with Gasteiger partial charge in [0.05, 0.1) is 24.2 Å². The lowest BCUT2D eigenvalue weighted by molar-refractivity contribution is -0.141. The number of hydrogen-bond acceptors (Lipinski definition) is 4. The Morgan fingerprint density at radius 1 is 1.59 bits per heavy atom. The average Bonchev–Trinajstić information content (AvgIpc) is 2.76. The van der Waals surface area contributed by atoms with Gasteiger partial charge in [-0.25, -0.2) is 0 Å². The van der Waals surface area contributed by atoms with Gasteiger partial charge >= 0.3 is 0 Å². The topological polar surface area (TPSA) is 65.7 Å². The van der Waals surface area contributed by atoms with E-state index in [2.05, 4.69) is 11.1 Å². The van der Waals surface area contributed by atoms with E-state index in [0.29, 0.717) is 19.5 Å². The normalized spacial score (nSPS) is 29.0. The van der Waals surface area contributed by atoms with Crippen molar-refractivity contribution in [3.8, 4) is 6.07 Å². The standard InChI is InChI=1S/C17H25N3O2/c1-5-17(3,4)16(21)20-10-12(2)22-15-6-13(7-18)8-19-9-14(15)11-20/h8-9,12-13,15H,5-6,10-11H2,1-4H3/t12-,13?,15?/m0/s1. The van der Waals surface area contributed by atoms with Crippen LogP contribution >= 0.6 is 0 Å². The van der Waals surface area contributed by atoms with Crippen LogP contribution in [0.25, 0.3) is 0 Å². The van der Waals surface area contributed by atoms with E-state index in [1.165, 1.54) is 0 Å². The van der Waals surface area contributed by atoms with Crippen LogP contribution in [-0.2, 0) is 9.53 Å². The summed E-state index contributed by atoms with van der Waals surface area (Å²) in [5.41, 5.74) is 0.613. The Balaban J connectivity index is 2.22. The second-order valence-electron chi connectivity index (χ2n) is 6.83. The van der Waals surface area contributed by atoms with Crippen LogP contribution in [0.2, 0.25) is 0 Å². The summed E-state index contributed by atoms with van der Waals surface area (Å²) in [6.07, 6.45) is 4.65. The smallest absolute Gasteiger partial charge is 0.228 e. The van der Waals surface area contributed by atoms with Gasteiger partial charge in [-0.1, -0.05) is 20.8 Å². The van der Waals surface area contributed by atoms with Crippen LogP contribution < -0.4 is 0 Å². The predicted octanol–water partition coefficient (Wildman–Crippen LogP) is 2.54. The van der Waals surface area contributed by atoms with Gasteiger partial charge in [-0.15, -0.1) is 0 Å². The van der Waals surface area contributed by atoms with Crippen LogP contribution in [0.5, 0.6) is 0 Å². The highest BCUT2D eigenvalue weighted by Gasteiger charge is 2.36.